The lowest BCUT2D eigenvalue weighted by atomic mass is 10.1. The molecule has 0 bridgehead atoms. The van der Waals surface area contributed by atoms with Crippen molar-refractivity contribution >= 4 is 15.9 Å². The molecular weight excluding hydrogens is 516 g/mol. The third-order valence-corrected chi connectivity index (χ3v) is 8.45. The predicted octanol–water partition coefficient (Wildman–Crippen LogP) is 5.37. The molecule has 0 N–H and O–H groups in total. The Kier molecular flexibility index (Phi) is 11.0. The van der Waals surface area contributed by atoms with Gasteiger partial charge in [0.25, 0.3) is 0 Å². The molecule has 1 heterocycles. The van der Waals surface area contributed by atoms with Gasteiger partial charge in [-0.1, -0.05) is 43.5 Å². The van der Waals surface area contributed by atoms with Gasteiger partial charge >= 0.3 is 0 Å². The summed E-state index contributed by atoms with van der Waals surface area (Å²) in [4.78, 5) is 15.6. The van der Waals surface area contributed by atoms with E-state index in [0.717, 1.165) is 29.7 Å². The van der Waals surface area contributed by atoms with Crippen molar-refractivity contribution in [2.24, 2.45) is 0 Å². The van der Waals surface area contributed by atoms with E-state index in [-0.39, 0.29) is 30.4 Å². The molecule has 0 saturated carbocycles. The topological polar surface area (TPSA) is 89.3 Å². The Balaban J connectivity index is 1.84. The van der Waals surface area contributed by atoms with Crippen molar-refractivity contribution < 1.29 is 27.1 Å². The van der Waals surface area contributed by atoms with Crippen LogP contribution in [0.3, 0.4) is 0 Å². The molecule has 1 amide bonds. The molecule has 212 valence electrons. The van der Waals surface area contributed by atoms with E-state index in [4.69, 9.17) is 13.9 Å². The van der Waals surface area contributed by atoms with Crippen LogP contribution < -0.4 is 9.47 Å². The van der Waals surface area contributed by atoms with Gasteiger partial charge in [-0.25, -0.2) is 8.42 Å². The number of hydrogen-bond donors (Lipinski definition) is 0. The van der Waals surface area contributed by atoms with Crippen LogP contribution in [0.1, 0.15) is 48.8 Å². The summed E-state index contributed by atoms with van der Waals surface area (Å²) in [6.07, 6.45) is 3.05. The largest absolute Gasteiger partial charge is 0.493 e. The van der Waals surface area contributed by atoms with Crippen LogP contribution in [0.5, 0.6) is 11.5 Å². The van der Waals surface area contributed by atoms with Crippen LogP contribution in [0, 0.1) is 13.8 Å². The molecule has 8 nitrogen and oxygen atoms in total. The smallest absolute Gasteiger partial charge is 0.243 e. The van der Waals surface area contributed by atoms with Crippen LogP contribution in [0.25, 0.3) is 0 Å². The van der Waals surface area contributed by atoms with Gasteiger partial charge in [0.2, 0.25) is 15.9 Å². The summed E-state index contributed by atoms with van der Waals surface area (Å²) < 4.78 is 45.0. The van der Waals surface area contributed by atoms with Crippen molar-refractivity contribution in [3.05, 3.63) is 77.2 Å². The van der Waals surface area contributed by atoms with Crippen LogP contribution in [0.4, 0.5) is 0 Å². The van der Waals surface area contributed by atoms with Crippen molar-refractivity contribution in [1.82, 2.24) is 9.21 Å². The van der Waals surface area contributed by atoms with E-state index in [2.05, 4.69) is 6.92 Å². The highest BCUT2D eigenvalue weighted by atomic mass is 32.2. The molecule has 0 aliphatic heterocycles. The van der Waals surface area contributed by atoms with Crippen LogP contribution in [0.2, 0.25) is 0 Å². The zero-order valence-electron chi connectivity index (χ0n) is 23.6. The lowest BCUT2D eigenvalue weighted by Gasteiger charge is -2.27. The van der Waals surface area contributed by atoms with Crippen LogP contribution in [0.15, 0.2) is 63.9 Å². The number of nitrogens with zero attached hydrogens (tertiary/aromatic N) is 2. The summed E-state index contributed by atoms with van der Waals surface area (Å²) in [5.74, 6) is 2.36. The summed E-state index contributed by atoms with van der Waals surface area (Å²) in [7, 11) is -0.682. The van der Waals surface area contributed by atoms with Crippen LogP contribution in [-0.2, 0) is 27.8 Å². The molecular formula is C30H40N2O6S. The molecule has 3 aromatic rings. The normalized spacial score (nSPS) is 11.5. The molecule has 0 spiro atoms. The van der Waals surface area contributed by atoms with E-state index in [1.165, 1.54) is 4.31 Å². The van der Waals surface area contributed by atoms with Gasteiger partial charge in [0.1, 0.15) is 11.5 Å². The van der Waals surface area contributed by atoms with Gasteiger partial charge in [-0.2, -0.15) is 4.31 Å². The minimum atomic E-state index is -3.85. The lowest BCUT2D eigenvalue weighted by Crippen LogP contribution is -2.43. The molecule has 3 rings (SSSR count). The number of rotatable bonds is 15. The van der Waals surface area contributed by atoms with Crippen molar-refractivity contribution in [3.63, 3.8) is 0 Å². The Morgan fingerprint density at radius 1 is 0.897 bits per heavy atom. The van der Waals surface area contributed by atoms with E-state index in [1.54, 1.807) is 43.4 Å². The molecule has 39 heavy (non-hydrogen) atoms. The van der Waals surface area contributed by atoms with Gasteiger partial charge < -0.3 is 18.8 Å². The first-order valence-corrected chi connectivity index (χ1v) is 14.7. The van der Waals surface area contributed by atoms with Crippen molar-refractivity contribution in [3.8, 4) is 11.5 Å². The first-order valence-electron chi connectivity index (χ1n) is 13.3. The number of sulfonamides is 1. The maximum Gasteiger partial charge on any atom is 0.243 e. The maximum atomic E-state index is 13.7. The quantitative estimate of drug-likeness (QED) is 0.234. The van der Waals surface area contributed by atoms with Gasteiger partial charge in [-0.15, -0.1) is 0 Å². The van der Waals surface area contributed by atoms with Crippen LogP contribution >= 0.6 is 0 Å². The molecule has 0 unspecified atom stereocenters. The lowest BCUT2D eigenvalue weighted by molar-refractivity contribution is -0.132. The van der Waals surface area contributed by atoms with Crippen molar-refractivity contribution in [1.29, 1.82) is 0 Å². The minimum Gasteiger partial charge on any atom is -0.493 e. The average molecular weight is 557 g/mol. The molecule has 0 aliphatic carbocycles. The van der Waals surface area contributed by atoms with E-state index in [1.807, 2.05) is 44.2 Å². The molecule has 0 atom stereocenters. The fraction of sp³-hybridized carbons (Fsp3) is 0.433. The Bertz CT molecular complexity index is 1320. The molecule has 2 aromatic carbocycles. The number of methoxy groups -OCH3 is 2. The molecule has 0 radical (unpaired) electrons. The number of furan rings is 1. The summed E-state index contributed by atoms with van der Waals surface area (Å²) in [6.45, 7) is 6.47. The highest BCUT2D eigenvalue weighted by Crippen LogP contribution is 2.28. The summed E-state index contributed by atoms with van der Waals surface area (Å²) in [5, 5.41) is 0. The van der Waals surface area contributed by atoms with Crippen molar-refractivity contribution in [2.75, 3.05) is 33.9 Å². The minimum absolute atomic E-state index is 0.191. The number of carbonyl (C=O) groups is 1. The number of carbonyl (C=O) groups excluding carboxylic acids is 1. The first-order chi connectivity index (χ1) is 18.7. The number of aryl methyl sites for hydroxylation is 2. The monoisotopic (exact) mass is 556 g/mol. The highest BCUT2D eigenvalue weighted by Gasteiger charge is 2.28. The Labute approximate surface area is 232 Å². The van der Waals surface area contributed by atoms with E-state index in [9.17, 15) is 13.2 Å². The zero-order valence-corrected chi connectivity index (χ0v) is 24.4. The number of unbranched alkanes of at least 4 members (excludes halogenated alkanes) is 2. The van der Waals surface area contributed by atoms with Crippen molar-refractivity contribution in [2.45, 2.75) is 57.9 Å². The third kappa shape index (κ3) is 8.34. The van der Waals surface area contributed by atoms with E-state index < -0.39 is 10.0 Å². The molecule has 0 fully saturated rings. The maximum absolute atomic E-state index is 13.7. The van der Waals surface area contributed by atoms with Gasteiger partial charge in [-0.3, -0.25) is 4.79 Å². The zero-order chi connectivity index (χ0) is 28.4. The second-order valence-corrected chi connectivity index (χ2v) is 11.6. The first kappa shape index (κ1) is 30.2. The second-order valence-electron chi connectivity index (χ2n) is 9.63. The molecule has 9 heteroatoms. The molecule has 0 saturated heterocycles. The number of hydrogen-bond acceptors (Lipinski definition) is 6. The summed E-state index contributed by atoms with van der Waals surface area (Å²) in [6, 6.07) is 16.1. The Morgan fingerprint density at radius 2 is 1.62 bits per heavy atom. The van der Waals surface area contributed by atoms with Crippen LogP contribution in [-0.4, -0.2) is 57.4 Å². The number of amides is 1. The van der Waals surface area contributed by atoms with Gasteiger partial charge in [0.15, 0.2) is 11.5 Å². The summed E-state index contributed by atoms with van der Waals surface area (Å²) >= 11 is 0. The van der Waals surface area contributed by atoms with Gasteiger partial charge in [0, 0.05) is 13.1 Å². The standard InChI is InChI=1S/C30H40N2O6S/c1-6-7-8-18-32(39(34,35)27-14-9-23(2)10-15-27)22-30(33)31(21-26-13-11-24(3)38-26)19-17-25-12-16-28(36-4)29(20-25)37-5/h9-16,20H,6-8,17-19,21-22H2,1-5H3. The fourth-order valence-corrected chi connectivity index (χ4v) is 5.71. The number of benzene rings is 2. The third-order valence-electron chi connectivity index (χ3n) is 6.60. The average Bonchev–Trinajstić information content (AvgIpc) is 3.34. The van der Waals surface area contributed by atoms with Gasteiger partial charge in [-0.05, 0) is 68.7 Å². The Hall–Kier alpha value is -3.30. The van der Waals surface area contributed by atoms with E-state index >= 15 is 0 Å². The van der Waals surface area contributed by atoms with E-state index in [0.29, 0.717) is 36.6 Å². The fourth-order valence-electron chi connectivity index (χ4n) is 4.28. The summed E-state index contributed by atoms with van der Waals surface area (Å²) in [5.41, 5.74) is 1.94. The molecule has 0 aliphatic rings. The number of ether oxygens (including phenoxy) is 2. The predicted molar refractivity (Wildman–Crippen MR) is 152 cm³/mol. The second kappa shape index (κ2) is 14.2. The van der Waals surface area contributed by atoms with Gasteiger partial charge in [0.05, 0.1) is 32.2 Å². The highest BCUT2D eigenvalue weighted by molar-refractivity contribution is 7.89. The Morgan fingerprint density at radius 3 is 2.23 bits per heavy atom. The SMILES string of the molecule is CCCCCN(CC(=O)N(CCc1ccc(OC)c(OC)c1)Cc1ccc(C)o1)S(=O)(=O)c1ccc(C)cc1. The molecule has 1 aromatic heterocycles.